The van der Waals surface area contributed by atoms with Crippen LogP contribution in [-0.4, -0.2) is 29.1 Å². The van der Waals surface area contributed by atoms with Gasteiger partial charge >= 0.3 is 0 Å². The standard InChI is InChI=1S/C62H52N6/c1-36-30-39(4)57(40(5)31-36)49-21-22-50(60-58(49)48-12-9-10-14-52(48)65-60)61-66-59-46(13-11-15-54(59)67(61)45-19-16-37(2)38(3)32-45)43-17-20-47-51-35-44(62(6,7)8)18-23-53(51)68(55(47)33-43)56-34-42(26-29-64-56)41-24-27-63-28-25-41/h9-35,65H,1-8H3. The number of aromatic nitrogens is 6. The third-order valence-electron chi connectivity index (χ3n) is 14.2. The lowest BCUT2D eigenvalue weighted by molar-refractivity contribution is 0.591. The molecular formula is C62H52N6. The van der Waals surface area contributed by atoms with E-state index in [1.807, 2.05) is 30.7 Å². The van der Waals surface area contributed by atoms with Crippen molar-refractivity contribution in [2.75, 3.05) is 0 Å². The fraction of sp³-hybridized carbons (Fsp3) is 0.145. The molecular weight excluding hydrogens is 829 g/mol. The summed E-state index contributed by atoms with van der Waals surface area (Å²) in [5, 5.41) is 4.80. The fourth-order valence-corrected chi connectivity index (χ4v) is 10.8. The van der Waals surface area contributed by atoms with Crippen LogP contribution >= 0.6 is 0 Å². The second kappa shape index (κ2) is 15.5. The van der Waals surface area contributed by atoms with E-state index in [0.717, 1.165) is 78.2 Å². The number of imidazole rings is 1. The lowest BCUT2D eigenvalue weighted by atomic mass is 9.86. The van der Waals surface area contributed by atoms with Crippen LogP contribution in [0, 0.1) is 34.6 Å². The Hall–Kier alpha value is -8.09. The molecule has 12 rings (SSSR count). The topological polar surface area (TPSA) is 64.3 Å². The quantitative estimate of drug-likeness (QED) is 0.181. The van der Waals surface area contributed by atoms with Crippen molar-refractivity contribution in [2.45, 2.75) is 60.8 Å². The molecule has 0 aliphatic rings. The molecule has 0 aliphatic carbocycles. The molecule has 5 aromatic heterocycles. The van der Waals surface area contributed by atoms with E-state index in [-0.39, 0.29) is 5.41 Å². The highest BCUT2D eigenvalue weighted by Crippen LogP contribution is 2.45. The first-order valence-corrected chi connectivity index (χ1v) is 23.6. The number of rotatable bonds is 6. The van der Waals surface area contributed by atoms with Crippen molar-refractivity contribution in [1.29, 1.82) is 0 Å². The van der Waals surface area contributed by atoms with E-state index in [0.29, 0.717) is 0 Å². The van der Waals surface area contributed by atoms with Crippen LogP contribution in [0.1, 0.15) is 54.2 Å². The van der Waals surface area contributed by atoms with Gasteiger partial charge in [-0.3, -0.25) is 14.1 Å². The van der Waals surface area contributed by atoms with Crippen LogP contribution in [0.3, 0.4) is 0 Å². The summed E-state index contributed by atoms with van der Waals surface area (Å²) in [6.07, 6.45) is 5.60. The molecule has 68 heavy (non-hydrogen) atoms. The van der Waals surface area contributed by atoms with Gasteiger partial charge in [0, 0.05) is 62.5 Å². The van der Waals surface area contributed by atoms with Crippen molar-refractivity contribution in [3.63, 3.8) is 0 Å². The first kappa shape index (κ1) is 41.3. The smallest absolute Gasteiger partial charge is 0.147 e. The van der Waals surface area contributed by atoms with E-state index in [4.69, 9.17) is 9.97 Å². The van der Waals surface area contributed by atoms with Crippen LogP contribution < -0.4 is 0 Å². The van der Waals surface area contributed by atoms with Gasteiger partial charge in [0.15, 0.2) is 0 Å². The molecule has 0 radical (unpaired) electrons. The molecule has 7 aromatic carbocycles. The number of pyridine rings is 2. The summed E-state index contributed by atoms with van der Waals surface area (Å²) in [6, 6.07) is 53.5. The zero-order valence-electron chi connectivity index (χ0n) is 39.8. The van der Waals surface area contributed by atoms with Crippen molar-refractivity contribution in [3.8, 4) is 56.3 Å². The molecule has 1 N–H and O–H groups in total. The second-order valence-electron chi connectivity index (χ2n) is 19.8. The highest BCUT2D eigenvalue weighted by atomic mass is 15.1. The number of hydrogen-bond donors (Lipinski definition) is 1. The van der Waals surface area contributed by atoms with Crippen molar-refractivity contribution in [2.24, 2.45) is 0 Å². The van der Waals surface area contributed by atoms with Gasteiger partial charge in [-0.25, -0.2) is 9.97 Å². The lowest BCUT2D eigenvalue weighted by Crippen LogP contribution is -2.10. The average molecular weight is 881 g/mol. The highest BCUT2D eigenvalue weighted by molar-refractivity contribution is 6.19. The Balaban J connectivity index is 1.12. The molecule has 0 saturated carbocycles. The molecule has 0 unspecified atom stereocenters. The first-order valence-electron chi connectivity index (χ1n) is 23.6. The summed E-state index contributed by atoms with van der Waals surface area (Å²) in [7, 11) is 0. The van der Waals surface area contributed by atoms with Crippen molar-refractivity contribution in [3.05, 3.63) is 198 Å². The maximum absolute atomic E-state index is 5.76. The molecule has 0 saturated heterocycles. The van der Waals surface area contributed by atoms with E-state index in [1.54, 1.807) is 0 Å². The summed E-state index contributed by atoms with van der Waals surface area (Å²) in [5.74, 6) is 1.75. The Bertz CT molecular complexity index is 3980. The third-order valence-corrected chi connectivity index (χ3v) is 14.2. The number of H-pyrrole nitrogens is 1. The van der Waals surface area contributed by atoms with Gasteiger partial charge in [0.05, 0.1) is 27.6 Å². The number of aryl methyl sites for hydroxylation is 5. The summed E-state index contributed by atoms with van der Waals surface area (Å²) in [5.41, 5.74) is 22.9. The van der Waals surface area contributed by atoms with Crippen LogP contribution in [0.2, 0.25) is 0 Å². The van der Waals surface area contributed by atoms with Gasteiger partial charge in [-0.15, -0.1) is 0 Å². The number of nitrogens with one attached hydrogen (secondary N) is 1. The molecule has 0 bridgehead atoms. The van der Waals surface area contributed by atoms with Crippen molar-refractivity contribution >= 4 is 54.6 Å². The zero-order valence-corrected chi connectivity index (χ0v) is 39.8. The van der Waals surface area contributed by atoms with E-state index < -0.39 is 0 Å². The predicted octanol–water partition coefficient (Wildman–Crippen LogP) is 16.1. The Morgan fingerprint density at radius 1 is 0.500 bits per heavy atom. The van der Waals surface area contributed by atoms with E-state index in [1.165, 1.54) is 66.1 Å². The maximum Gasteiger partial charge on any atom is 0.147 e. The van der Waals surface area contributed by atoms with E-state index in [9.17, 15) is 0 Å². The lowest BCUT2D eigenvalue weighted by Gasteiger charge is -2.19. The van der Waals surface area contributed by atoms with Crippen LogP contribution in [0.25, 0.3) is 111 Å². The molecule has 6 heteroatoms. The molecule has 0 amide bonds. The monoisotopic (exact) mass is 880 g/mol. The van der Waals surface area contributed by atoms with Gasteiger partial charge in [-0.2, -0.15) is 0 Å². The molecule has 0 spiro atoms. The molecule has 330 valence electrons. The number of benzene rings is 7. The van der Waals surface area contributed by atoms with Crippen molar-refractivity contribution < 1.29 is 0 Å². The van der Waals surface area contributed by atoms with Gasteiger partial charge in [0.1, 0.15) is 11.6 Å². The number of para-hydroxylation sites is 2. The molecule has 12 aromatic rings. The van der Waals surface area contributed by atoms with Crippen LogP contribution in [0.15, 0.2) is 164 Å². The Labute approximate surface area is 396 Å². The Morgan fingerprint density at radius 3 is 2.07 bits per heavy atom. The van der Waals surface area contributed by atoms with Gasteiger partial charge in [0.2, 0.25) is 0 Å². The predicted molar refractivity (Wildman–Crippen MR) is 284 cm³/mol. The minimum atomic E-state index is -0.0124. The SMILES string of the molecule is Cc1cc(C)c(-c2ccc(-c3nc4c(-c5ccc6c7cc(C(C)(C)C)ccc7n(-c7cc(-c8ccncc8)ccn7)c6c5)cccc4n3-c3ccc(C)c(C)c3)c3[nH]c4ccccc4c23)c(C)c1. The largest absolute Gasteiger partial charge is 0.354 e. The second-order valence-corrected chi connectivity index (χ2v) is 19.8. The van der Waals surface area contributed by atoms with Crippen LogP contribution in [0.5, 0.6) is 0 Å². The summed E-state index contributed by atoms with van der Waals surface area (Å²) in [6.45, 7) is 17.9. The Morgan fingerprint density at radius 2 is 1.28 bits per heavy atom. The molecule has 5 heterocycles. The minimum Gasteiger partial charge on any atom is -0.354 e. The number of nitrogens with zero attached hydrogens (tertiary/aromatic N) is 5. The molecule has 0 aliphatic heterocycles. The number of aromatic amines is 1. The minimum absolute atomic E-state index is 0.0124. The van der Waals surface area contributed by atoms with E-state index >= 15 is 0 Å². The van der Waals surface area contributed by atoms with Crippen LogP contribution in [0.4, 0.5) is 0 Å². The number of fused-ring (bicyclic) bond motifs is 7. The summed E-state index contributed by atoms with van der Waals surface area (Å²) in [4.78, 5) is 19.0. The summed E-state index contributed by atoms with van der Waals surface area (Å²) < 4.78 is 4.70. The number of hydrogen-bond acceptors (Lipinski definition) is 3. The molecule has 0 atom stereocenters. The molecule has 0 fully saturated rings. The first-order chi connectivity index (χ1) is 32.9. The van der Waals surface area contributed by atoms with Gasteiger partial charge in [0.25, 0.3) is 0 Å². The fourth-order valence-electron chi connectivity index (χ4n) is 10.8. The van der Waals surface area contributed by atoms with Gasteiger partial charge in [-0.05, 0) is 168 Å². The van der Waals surface area contributed by atoms with Gasteiger partial charge < -0.3 is 4.98 Å². The van der Waals surface area contributed by atoms with E-state index in [2.05, 4.69) is 208 Å². The van der Waals surface area contributed by atoms with Gasteiger partial charge in [-0.1, -0.05) is 99.1 Å². The zero-order chi connectivity index (χ0) is 46.6. The highest BCUT2D eigenvalue weighted by Gasteiger charge is 2.25. The average Bonchev–Trinajstić information content (AvgIpc) is 4.02. The molecule has 6 nitrogen and oxygen atoms in total. The van der Waals surface area contributed by atoms with Crippen LogP contribution in [-0.2, 0) is 5.41 Å². The Kier molecular flexibility index (Phi) is 9.42. The maximum atomic E-state index is 5.76. The van der Waals surface area contributed by atoms with Crippen molar-refractivity contribution in [1.82, 2.24) is 29.1 Å². The third kappa shape index (κ3) is 6.57. The summed E-state index contributed by atoms with van der Waals surface area (Å²) >= 11 is 0. The normalized spacial score (nSPS) is 12.1.